The van der Waals surface area contributed by atoms with Crippen LogP contribution in [0.5, 0.6) is 11.5 Å². The molecule has 0 atom stereocenters. The van der Waals surface area contributed by atoms with Crippen LogP contribution in [0.2, 0.25) is 0 Å². The molecule has 25 heavy (non-hydrogen) atoms. The third-order valence-electron chi connectivity index (χ3n) is 3.03. The van der Waals surface area contributed by atoms with Gasteiger partial charge in [-0.3, -0.25) is 14.6 Å². The Hall–Kier alpha value is -3.42. The van der Waals surface area contributed by atoms with Crippen LogP contribution in [0.15, 0.2) is 47.7 Å². The second kappa shape index (κ2) is 9.02. The summed E-state index contributed by atoms with van der Waals surface area (Å²) in [4.78, 5) is 27.4. The van der Waals surface area contributed by atoms with E-state index in [0.717, 1.165) is 0 Å². The van der Waals surface area contributed by atoms with Crippen molar-refractivity contribution in [1.82, 2.24) is 15.7 Å². The highest BCUT2D eigenvalue weighted by atomic mass is 16.5. The maximum Gasteiger partial charge on any atom is 0.329 e. The van der Waals surface area contributed by atoms with Gasteiger partial charge in [0.05, 0.1) is 25.1 Å². The number of aromatic hydroxyl groups is 1. The zero-order chi connectivity index (χ0) is 18.1. The fourth-order valence-electron chi connectivity index (χ4n) is 1.85. The van der Waals surface area contributed by atoms with Crippen LogP contribution in [-0.2, 0) is 16.1 Å². The van der Waals surface area contributed by atoms with Crippen molar-refractivity contribution in [3.05, 3.63) is 53.9 Å². The largest absolute Gasteiger partial charge is 0.504 e. The zero-order valence-electron chi connectivity index (χ0n) is 13.6. The third-order valence-corrected chi connectivity index (χ3v) is 3.03. The monoisotopic (exact) mass is 342 g/mol. The highest BCUT2D eigenvalue weighted by Gasteiger charge is 2.12. The summed E-state index contributed by atoms with van der Waals surface area (Å²) in [6.45, 7) is 2.35. The van der Waals surface area contributed by atoms with Crippen LogP contribution in [0.4, 0.5) is 0 Å². The van der Waals surface area contributed by atoms with Gasteiger partial charge in [-0.15, -0.1) is 0 Å². The number of carbonyl (C=O) groups is 2. The summed E-state index contributed by atoms with van der Waals surface area (Å²) in [5.74, 6) is -1.39. The van der Waals surface area contributed by atoms with Gasteiger partial charge in [0.15, 0.2) is 11.5 Å². The molecule has 2 rings (SSSR count). The number of aromatic nitrogens is 1. The molecule has 3 N–H and O–H groups in total. The molecular weight excluding hydrogens is 324 g/mol. The van der Waals surface area contributed by atoms with Crippen molar-refractivity contribution in [2.75, 3.05) is 6.61 Å². The molecule has 0 unspecified atom stereocenters. The molecule has 2 amide bonds. The van der Waals surface area contributed by atoms with Crippen molar-refractivity contribution in [2.45, 2.75) is 13.5 Å². The van der Waals surface area contributed by atoms with Crippen molar-refractivity contribution in [2.24, 2.45) is 5.10 Å². The minimum atomic E-state index is -0.893. The Balaban J connectivity index is 1.85. The van der Waals surface area contributed by atoms with Crippen LogP contribution in [-0.4, -0.2) is 34.7 Å². The molecule has 0 radical (unpaired) electrons. The minimum Gasteiger partial charge on any atom is -0.504 e. The van der Waals surface area contributed by atoms with E-state index in [1.165, 1.54) is 12.3 Å². The molecule has 0 fully saturated rings. The lowest BCUT2D eigenvalue weighted by Crippen LogP contribution is -2.37. The number of amides is 2. The van der Waals surface area contributed by atoms with Gasteiger partial charge in [-0.05, 0) is 42.8 Å². The summed E-state index contributed by atoms with van der Waals surface area (Å²) in [6, 6.07) is 9.88. The lowest BCUT2D eigenvalue weighted by atomic mass is 10.2. The van der Waals surface area contributed by atoms with Crippen LogP contribution in [0.25, 0.3) is 0 Å². The molecule has 0 bridgehead atoms. The van der Waals surface area contributed by atoms with E-state index in [9.17, 15) is 14.7 Å². The number of benzene rings is 1. The topological polar surface area (TPSA) is 113 Å². The molecule has 130 valence electrons. The number of hydrazone groups is 1. The summed E-state index contributed by atoms with van der Waals surface area (Å²) in [5, 5.41) is 15.8. The standard InChI is InChI=1S/C17H18N4O4/c1-2-25-15-9-12(6-7-14(15)22)10-20-21-17(24)16(23)19-11-13-5-3-4-8-18-13/h3-10,22H,2,11H2,1H3,(H,19,23)(H,21,24)/b20-10-. The number of carbonyl (C=O) groups excluding carboxylic acids is 2. The molecular formula is C17H18N4O4. The van der Waals surface area contributed by atoms with Crippen molar-refractivity contribution >= 4 is 18.0 Å². The third kappa shape index (κ3) is 5.61. The summed E-state index contributed by atoms with van der Waals surface area (Å²) in [6.07, 6.45) is 2.94. The molecule has 2 aromatic rings. The van der Waals surface area contributed by atoms with Crippen molar-refractivity contribution in [3.63, 3.8) is 0 Å². The van der Waals surface area contributed by atoms with Crippen molar-refractivity contribution in [1.29, 1.82) is 0 Å². The molecule has 0 aliphatic heterocycles. The van der Waals surface area contributed by atoms with Crippen molar-refractivity contribution in [3.8, 4) is 11.5 Å². The second-order valence-corrected chi connectivity index (χ2v) is 4.86. The molecule has 1 aromatic carbocycles. The number of rotatable bonds is 6. The molecule has 1 heterocycles. The minimum absolute atomic E-state index is 0.0111. The first-order valence-electron chi connectivity index (χ1n) is 7.57. The van der Waals surface area contributed by atoms with E-state index in [4.69, 9.17) is 4.74 Å². The van der Waals surface area contributed by atoms with E-state index in [0.29, 0.717) is 23.6 Å². The van der Waals surface area contributed by atoms with Gasteiger partial charge in [0.25, 0.3) is 0 Å². The number of hydrogen-bond donors (Lipinski definition) is 3. The van der Waals surface area contributed by atoms with E-state index in [1.54, 1.807) is 43.5 Å². The first kappa shape index (κ1) is 17.9. The Bertz CT molecular complexity index is 762. The summed E-state index contributed by atoms with van der Waals surface area (Å²) < 4.78 is 5.25. The smallest absolute Gasteiger partial charge is 0.329 e. The maximum absolute atomic E-state index is 11.7. The normalized spacial score (nSPS) is 10.4. The Labute approximate surface area is 144 Å². The van der Waals surface area contributed by atoms with E-state index in [1.807, 2.05) is 0 Å². The van der Waals surface area contributed by atoms with Gasteiger partial charge in [0.1, 0.15) is 0 Å². The molecule has 0 aliphatic carbocycles. The second-order valence-electron chi connectivity index (χ2n) is 4.86. The predicted molar refractivity (Wildman–Crippen MR) is 91.1 cm³/mol. The van der Waals surface area contributed by atoms with E-state index in [-0.39, 0.29) is 12.3 Å². The summed E-state index contributed by atoms with van der Waals surface area (Å²) >= 11 is 0. The quantitative estimate of drug-likeness (QED) is 0.411. The molecule has 1 aromatic heterocycles. The number of phenols is 1. The van der Waals surface area contributed by atoms with Gasteiger partial charge < -0.3 is 15.2 Å². The first-order chi connectivity index (χ1) is 12.1. The van der Waals surface area contributed by atoms with Gasteiger partial charge in [-0.25, -0.2) is 5.43 Å². The Morgan fingerprint density at radius 1 is 1.28 bits per heavy atom. The molecule has 0 spiro atoms. The number of nitrogens with zero attached hydrogens (tertiary/aromatic N) is 2. The van der Waals surface area contributed by atoms with Gasteiger partial charge in [-0.2, -0.15) is 5.10 Å². The number of ether oxygens (including phenoxy) is 1. The van der Waals surface area contributed by atoms with Crippen LogP contribution in [0.3, 0.4) is 0 Å². The Morgan fingerprint density at radius 3 is 2.84 bits per heavy atom. The fraction of sp³-hybridized carbons (Fsp3) is 0.176. The van der Waals surface area contributed by atoms with Crippen LogP contribution >= 0.6 is 0 Å². The maximum atomic E-state index is 11.7. The van der Waals surface area contributed by atoms with E-state index >= 15 is 0 Å². The zero-order valence-corrected chi connectivity index (χ0v) is 13.6. The Kier molecular flexibility index (Phi) is 6.47. The number of nitrogens with one attached hydrogen (secondary N) is 2. The molecule has 8 heteroatoms. The summed E-state index contributed by atoms with van der Waals surface area (Å²) in [5.41, 5.74) is 3.36. The van der Waals surface area contributed by atoms with E-state index in [2.05, 4.69) is 20.8 Å². The number of pyridine rings is 1. The SMILES string of the molecule is CCOc1cc(/C=N\NC(=O)C(=O)NCc2ccccn2)ccc1O. The van der Waals surface area contributed by atoms with Gasteiger partial charge in [0.2, 0.25) is 0 Å². The average Bonchev–Trinajstić information content (AvgIpc) is 2.63. The highest BCUT2D eigenvalue weighted by Crippen LogP contribution is 2.26. The average molecular weight is 342 g/mol. The molecule has 0 saturated carbocycles. The van der Waals surface area contributed by atoms with Crippen molar-refractivity contribution < 1.29 is 19.4 Å². The lowest BCUT2D eigenvalue weighted by molar-refractivity contribution is -0.139. The van der Waals surface area contributed by atoms with E-state index < -0.39 is 11.8 Å². The lowest BCUT2D eigenvalue weighted by Gasteiger charge is -2.06. The Morgan fingerprint density at radius 2 is 2.12 bits per heavy atom. The number of phenolic OH excluding ortho intramolecular Hbond substituents is 1. The molecule has 0 aliphatic rings. The molecule has 8 nitrogen and oxygen atoms in total. The van der Waals surface area contributed by atoms with Crippen LogP contribution in [0, 0.1) is 0 Å². The molecule has 0 saturated heterocycles. The summed E-state index contributed by atoms with van der Waals surface area (Å²) in [7, 11) is 0. The highest BCUT2D eigenvalue weighted by molar-refractivity contribution is 6.35. The van der Waals surface area contributed by atoms with Crippen LogP contribution in [0.1, 0.15) is 18.2 Å². The van der Waals surface area contributed by atoms with Crippen LogP contribution < -0.4 is 15.5 Å². The van der Waals surface area contributed by atoms with Gasteiger partial charge in [0, 0.05) is 6.20 Å². The van der Waals surface area contributed by atoms with Gasteiger partial charge >= 0.3 is 11.8 Å². The number of hydrogen-bond acceptors (Lipinski definition) is 6. The van der Waals surface area contributed by atoms with Gasteiger partial charge in [-0.1, -0.05) is 6.07 Å². The first-order valence-corrected chi connectivity index (χ1v) is 7.57. The predicted octanol–water partition coefficient (Wildman–Crippen LogP) is 0.952. The fourth-order valence-corrected chi connectivity index (χ4v) is 1.85.